The quantitative estimate of drug-likeness (QED) is 0.854. The van der Waals surface area contributed by atoms with E-state index in [0.717, 1.165) is 16.3 Å². The zero-order chi connectivity index (χ0) is 11.8. The Balaban J connectivity index is 1.92. The van der Waals surface area contributed by atoms with Gasteiger partial charge in [-0.25, -0.2) is 0 Å². The monoisotopic (exact) mass is 249 g/mol. The van der Waals surface area contributed by atoms with Crippen LogP contribution in [-0.2, 0) is 4.79 Å². The fourth-order valence-electron chi connectivity index (χ4n) is 1.96. The maximum atomic E-state index is 11.7. The van der Waals surface area contributed by atoms with Gasteiger partial charge in [-0.2, -0.15) is 0 Å². The summed E-state index contributed by atoms with van der Waals surface area (Å²) < 4.78 is 0. The molecule has 1 heterocycles. The molecule has 0 radical (unpaired) electrons. The summed E-state index contributed by atoms with van der Waals surface area (Å²) in [6.45, 7) is 0.249. The number of benzene rings is 1. The van der Waals surface area contributed by atoms with E-state index >= 15 is 0 Å². The highest BCUT2D eigenvalue weighted by atomic mass is 32.2. The van der Waals surface area contributed by atoms with E-state index in [0.29, 0.717) is 11.8 Å². The highest BCUT2D eigenvalue weighted by Gasteiger charge is 2.25. The summed E-state index contributed by atoms with van der Waals surface area (Å²) in [7, 11) is 0. The van der Waals surface area contributed by atoms with Crippen LogP contribution in [0.3, 0.4) is 0 Å². The number of fused-ring (bicyclic) bond motifs is 1. The van der Waals surface area contributed by atoms with Gasteiger partial charge in [0.1, 0.15) is 0 Å². The van der Waals surface area contributed by atoms with Crippen molar-refractivity contribution in [1.29, 1.82) is 0 Å². The number of hydrogen-bond acceptors (Lipinski definition) is 4. The van der Waals surface area contributed by atoms with Gasteiger partial charge in [-0.3, -0.25) is 9.69 Å². The minimum Gasteiger partial charge on any atom is -0.382 e. The first-order valence-corrected chi connectivity index (χ1v) is 6.80. The van der Waals surface area contributed by atoms with Crippen LogP contribution in [0.25, 0.3) is 0 Å². The predicted molar refractivity (Wildman–Crippen MR) is 70.4 cm³/mol. The SMILES string of the molecule is NCN1C(=O)CSc2ccc(NC3CC3)cc21. The van der Waals surface area contributed by atoms with E-state index in [1.807, 2.05) is 6.07 Å². The minimum absolute atomic E-state index is 0.0913. The summed E-state index contributed by atoms with van der Waals surface area (Å²) in [4.78, 5) is 14.5. The lowest BCUT2D eigenvalue weighted by molar-refractivity contribution is -0.116. The Morgan fingerprint density at radius 3 is 3.00 bits per heavy atom. The van der Waals surface area contributed by atoms with E-state index in [4.69, 9.17) is 5.73 Å². The van der Waals surface area contributed by atoms with Crippen LogP contribution in [0.15, 0.2) is 23.1 Å². The van der Waals surface area contributed by atoms with E-state index in [9.17, 15) is 4.79 Å². The van der Waals surface area contributed by atoms with E-state index in [2.05, 4.69) is 17.4 Å². The molecule has 90 valence electrons. The van der Waals surface area contributed by atoms with Crippen LogP contribution < -0.4 is 16.0 Å². The van der Waals surface area contributed by atoms with Crippen molar-refractivity contribution >= 4 is 29.0 Å². The summed E-state index contributed by atoms with van der Waals surface area (Å²) in [5.41, 5.74) is 7.67. The third-order valence-corrected chi connectivity index (χ3v) is 4.08. The molecule has 1 amide bonds. The van der Waals surface area contributed by atoms with Crippen LogP contribution in [0.2, 0.25) is 0 Å². The van der Waals surface area contributed by atoms with Gasteiger partial charge in [0.25, 0.3) is 0 Å². The standard InChI is InChI=1S/C12H15N3OS/c13-7-15-10-5-9(14-8-1-2-8)3-4-11(10)17-6-12(15)16/h3-5,8,14H,1-2,6-7,13H2. The fraction of sp³-hybridized carbons (Fsp3) is 0.417. The largest absolute Gasteiger partial charge is 0.382 e. The lowest BCUT2D eigenvalue weighted by atomic mass is 10.2. The Hall–Kier alpha value is -1.20. The molecular weight excluding hydrogens is 234 g/mol. The number of nitrogens with one attached hydrogen (secondary N) is 1. The van der Waals surface area contributed by atoms with Crippen molar-refractivity contribution in [3.05, 3.63) is 18.2 Å². The van der Waals surface area contributed by atoms with Crippen LogP contribution in [0.4, 0.5) is 11.4 Å². The molecule has 0 saturated heterocycles. The molecule has 3 N–H and O–H groups in total. The molecule has 2 aliphatic rings. The van der Waals surface area contributed by atoms with Gasteiger partial charge in [-0.05, 0) is 31.0 Å². The lowest BCUT2D eigenvalue weighted by Gasteiger charge is -2.28. The van der Waals surface area contributed by atoms with Crippen molar-refractivity contribution in [3.63, 3.8) is 0 Å². The van der Waals surface area contributed by atoms with E-state index in [1.54, 1.807) is 16.7 Å². The molecule has 1 aromatic carbocycles. The summed E-state index contributed by atoms with van der Waals surface area (Å²) in [5, 5.41) is 3.44. The summed E-state index contributed by atoms with van der Waals surface area (Å²) in [5.74, 6) is 0.577. The molecule has 1 saturated carbocycles. The molecule has 4 nitrogen and oxygen atoms in total. The normalized spacial score (nSPS) is 19.1. The summed E-state index contributed by atoms with van der Waals surface area (Å²) in [6, 6.07) is 6.80. The Labute approximate surface area is 105 Å². The number of rotatable bonds is 3. The average Bonchev–Trinajstić information content (AvgIpc) is 3.13. The third kappa shape index (κ3) is 2.12. The molecular formula is C12H15N3OS. The Morgan fingerprint density at radius 2 is 2.29 bits per heavy atom. The Morgan fingerprint density at radius 1 is 1.47 bits per heavy atom. The highest BCUT2D eigenvalue weighted by molar-refractivity contribution is 8.00. The maximum Gasteiger partial charge on any atom is 0.238 e. The first-order chi connectivity index (χ1) is 8.28. The summed E-state index contributed by atoms with van der Waals surface area (Å²) >= 11 is 1.58. The van der Waals surface area contributed by atoms with Crippen LogP contribution in [0, 0.1) is 0 Å². The minimum atomic E-state index is 0.0913. The zero-order valence-electron chi connectivity index (χ0n) is 9.48. The molecule has 0 atom stereocenters. The molecule has 0 bridgehead atoms. The summed E-state index contributed by atoms with van der Waals surface area (Å²) in [6.07, 6.45) is 2.48. The third-order valence-electron chi connectivity index (χ3n) is 3.03. The van der Waals surface area contributed by atoms with Crippen molar-refractivity contribution in [2.45, 2.75) is 23.8 Å². The van der Waals surface area contributed by atoms with E-state index in [1.165, 1.54) is 12.8 Å². The topological polar surface area (TPSA) is 58.4 Å². The number of nitrogens with zero attached hydrogens (tertiary/aromatic N) is 1. The molecule has 17 heavy (non-hydrogen) atoms. The molecule has 5 heteroatoms. The second-order valence-corrected chi connectivity index (χ2v) is 5.41. The first kappa shape index (κ1) is 10.9. The van der Waals surface area contributed by atoms with Crippen LogP contribution in [0.5, 0.6) is 0 Å². The Kier molecular flexibility index (Phi) is 2.72. The van der Waals surface area contributed by atoms with Gasteiger partial charge < -0.3 is 11.1 Å². The zero-order valence-corrected chi connectivity index (χ0v) is 10.3. The van der Waals surface area contributed by atoms with Crippen molar-refractivity contribution in [1.82, 2.24) is 0 Å². The number of anilines is 2. The first-order valence-electron chi connectivity index (χ1n) is 5.82. The molecule has 0 unspecified atom stereocenters. The Bertz CT molecular complexity index is 459. The average molecular weight is 249 g/mol. The molecule has 3 rings (SSSR count). The highest BCUT2D eigenvalue weighted by Crippen LogP contribution is 2.37. The number of carbonyl (C=O) groups excluding carboxylic acids is 1. The van der Waals surface area contributed by atoms with Gasteiger partial charge in [0, 0.05) is 16.6 Å². The van der Waals surface area contributed by atoms with Crippen molar-refractivity contribution in [2.24, 2.45) is 5.73 Å². The number of thioether (sulfide) groups is 1. The van der Waals surface area contributed by atoms with Crippen molar-refractivity contribution < 1.29 is 4.79 Å². The predicted octanol–water partition coefficient (Wildman–Crippen LogP) is 1.62. The smallest absolute Gasteiger partial charge is 0.238 e. The lowest BCUT2D eigenvalue weighted by Crippen LogP contribution is -2.39. The maximum absolute atomic E-state index is 11.7. The van der Waals surface area contributed by atoms with Gasteiger partial charge in [0.15, 0.2) is 0 Å². The second-order valence-electron chi connectivity index (χ2n) is 4.39. The van der Waals surface area contributed by atoms with Gasteiger partial charge >= 0.3 is 0 Å². The number of carbonyl (C=O) groups is 1. The molecule has 1 aliphatic heterocycles. The van der Waals surface area contributed by atoms with Gasteiger partial charge in [0.05, 0.1) is 18.1 Å². The molecule has 0 spiro atoms. The second kappa shape index (κ2) is 4.23. The van der Waals surface area contributed by atoms with Crippen LogP contribution >= 0.6 is 11.8 Å². The molecule has 1 aromatic rings. The molecule has 1 aliphatic carbocycles. The van der Waals surface area contributed by atoms with Gasteiger partial charge in [-0.15, -0.1) is 11.8 Å². The van der Waals surface area contributed by atoms with Gasteiger partial charge in [0.2, 0.25) is 5.91 Å². The van der Waals surface area contributed by atoms with E-state index < -0.39 is 0 Å². The number of amides is 1. The van der Waals surface area contributed by atoms with Crippen molar-refractivity contribution in [3.8, 4) is 0 Å². The van der Waals surface area contributed by atoms with E-state index in [-0.39, 0.29) is 12.6 Å². The van der Waals surface area contributed by atoms with Crippen LogP contribution in [0.1, 0.15) is 12.8 Å². The van der Waals surface area contributed by atoms with Gasteiger partial charge in [-0.1, -0.05) is 0 Å². The molecule has 0 aromatic heterocycles. The van der Waals surface area contributed by atoms with Crippen LogP contribution in [-0.4, -0.2) is 24.4 Å². The number of nitrogens with two attached hydrogens (primary N) is 1. The fourth-order valence-corrected chi connectivity index (χ4v) is 2.87. The van der Waals surface area contributed by atoms with Crippen molar-refractivity contribution in [2.75, 3.05) is 22.6 Å². The number of hydrogen-bond donors (Lipinski definition) is 2. The molecule has 1 fully saturated rings.